The zero-order valence-corrected chi connectivity index (χ0v) is 17.4. The van der Waals surface area contributed by atoms with Gasteiger partial charge in [0.1, 0.15) is 17.4 Å². The molecular formula is C21H28O8. The van der Waals surface area contributed by atoms with Gasteiger partial charge in [0.2, 0.25) is 0 Å². The summed E-state index contributed by atoms with van der Waals surface area (Å²) in [6.07, 6.45) is -0.366. The maximum atomic E-state index is 12.9. The Morgan fingerprint density at radius 2 is 1.72 bits per heavy atom. The third-order valence-electron chi connectivity index (χ3n) is 5.15. The topological polar surface area (TPSA) is 108 Å². The number of Topliss-reactive ketones (excluding diaryl/α,β-unsaturated/α-hetero) is 1. The van der Waals surface area contributed by atoms with Crippen LogP contribution in [0.5, 0.6) is 11.5 Å². The van der Waals surface area contributed by atoms with E-state index in [0.717, 1.165) is 0 Å². The molecule has 0 unspecified atom stereocenters. The Hall–Kier alpha value is -2.61. The van der Waals surface area contributed by atoms with Gasteiger partial charge in [-0.15, -0.1) is 0 Å². The van der Waals surface area contributed by atoms with E-state index in [1.165, 1.54) is 21.1 Å². The number of carbonyl (C=O) groups excluding carboxylic acids is 3. The first kappa shape index (κ1) is 22.7. The smallest absolute Gasteiger partial charge is 0.317 e. The molecular weight excluding hydrogens is 380 g/mol. The minimum atomic E-state index is -1.71. The number of ether oxygens (including phenoxy) is 4. The van der Waals surface area contributed by atoms with Crippen LogP contribution in [-0.4, -0.2) is 55.9 Å². The van der Waals surface area contributed by atoms with E-state index in [4.69, 9.17) is 18.9 Å². The number of benzene rings is 1. The molecule has 29 heavy (non-hydrogen) atoms. The van der Waals surface area contributed by atoms with Crippen LogP contribution >= 0.6 is 0 Å². The fraction of sp³-hybridized carbons (Fsp3) is 0.571. The van der Waals surface area contributed by atoms with Crippen LogP contribution in [0.25, 0.3) is 0 Å². The van der Waals surface area contributed by atoms with E-state index in [-0.39, 0.29) is 19.6 Å². The van der Waals surface area contributed by atoms with Crippen molar-refractivity contribution in [1.82, 2.24) is 0 Å². The lowest BCUT2D eigenvalue weighted by Gasteiger charge is -2.43. The lowest BCUT2D eigenvalue weighted by Crippen LogP contribution is -2.55. The Bertz CT molecular complexity index is 770. The SMILES string of the molecule is CCOC(=O)[C@@H]1C(=O)C[C@](C)(O)[C@H](C(=O)OCC)[C@H]1c1ccc(OC)cc1OC. The Labute approximate surface area is 170 Å². The molecule has 160 valence electrons. The number of ketones is 1. The summed E-state index contributed by atoms with van der Waals surface area (Å²) in [5.41, 5.74) is -1.29. The van der Waals surface area contributed by atoms with Crippen molar-refractivity contribution in [2.45, 2.75) is 38.7 Å². The summed E-state index contributed by atoms with van der Waals surface area (Å²) < 4.78 is 21.0. The molecule has 8 nitrogen and oxygen atoms in total. The normalized spacial score (nSPS) is 26.6. The third kappa shape index (κ3) is 4.53. The Kier molecular flexibility index (Phi) is 7.24. The van der Waals surface area contributed by atoms with Crippen molar-refractivity contribution in [2.24, 2.45) is 11.8 Å². The first-order valence-electron chi connectivity index (χ1n) is 9.52. The second-order valence-corrected chi connectivity index (χ2v) is 7.09. The summed E-state index contributed by atoms with van der Waals surface area (Å²) in [4.78, 5) is 38.4. The number of hydrogen-bond donors (Lipinski definition) is 1. The minimum Gasteiger partial charge on any atom is -0.497 e. The highest BCUT2D eigenvalue weighted by Gasteiger charge is 2.57. The van der Waals surface area contributed by atoms with E-state index in [0.29, 0.717) is 17.1 Å². The quantitative estimate of drug-likeness (QED) is 0.538. The molecule has 0 aliphatic heterocycles. The molecule has 1 fully saturated rings. The van der Waals surface area contributed by atoms with Crippen LogP contribution < -0.4 is 9.47 Å². The number of methoxy groups -OCH3 is 2. The molecule has 1 aliphatic carbocycles. The van der Waals surface area contributed by atoms with E-state index >= 15 is 0 Å². The maximum absolute atomic E-state index is 12.9. The fourth-order valence-electron chi connectivity index (χ4n) is 3.95. The van der Waals surface area contributed by atoms with Crippen LogP contribution in [0.4, 0.5) is 0 Å². The van der Waals surface area contributed by atoms with Gasteiger partial charge in [-0.2, -0.15) is 0 Å². The highest BCUT2D eigenvalue weighted by molar-refractivity contribution is 6.03. The molecule has 1 aromatic rings. The van der Waals surface area contributed by atoms with Gasteiger partial charge in [0, 0.05) is 18.4 Å². The molecule has 8 heteroatoms. The third-order valence-corrected chi connectivity index (χ3v) is 5.15. The monoisotopic (exact) mass is 408 g/mol. The van der Waals surface area contributed by atoms with E-state index in [2.05, 4.69) is 0 Å². The molecule has 2 rings (SSSR count). The summed E-state index contributed by atoms with van der Waals surface area (Å²) >= 11 is 0. The minimum absolute atomic E-state index is 0.0789. The average molecular weight is 408 g/mol. The Balaban J connectivity index is 2.71. The molecule has 1 N–H and O–H groups in total. The zero-order chi connectivity index (χ0) is 21.8. The molecule has 0 heterocycles. The molecule has 4 atom stereocenters. The van der Waals surface area contributed by atoms with E-state index in [1.807, 2.05) is 0 Å². The van der Waals surface area contributed by atoms with Gasteiger partial charge in [-0.3, -0.25) is 14.4 Å². The van der Waals surface area contributed by atoms with Crippen LogP contribution in [0.1, 0.15) is 38.7 Å². The lowest BCUT2D eigenvalue weighted by molar-refractivity contribution is -0.172. The van der Waals surface area contributed by atoms with Gasteiger partial charge in [0.05, 0.1) is 39.0 Å². The summed E-state index contributed by atoms with van der Waals surface area (Å²) in [5.74, 6) is -4.58. The van der Waals surface area contributed by atoms with Crippen molar-refractivity contribution in [3.63, 3.8) is 0 Å². The van der Waals surface area contributed by atoms with Crippen LogP contribution in [0.15, 0.2) is 18.2 Å². The fourth-order valence-corrected chi connectivity index (χ4v) is 3.95. The van der Waals surface area contributed by atoms with Gasteiger partial charge in [-0.05, 0) is 32.4 Å². The summed E-state index contributed by atoms with van der Waals surface area (Å²) in [6.45, 7) is 4.85. The first-order chi connectivity index (χ1) is 13.7. The van der Waals surface area contributed by atoms with Gasteiger partial charge in [0.25, 0.3) is 0 Å². The number of aliphatic hydroxyl groups is 1. The lowest BCUT2D eigenvalue weighted by atomic mass is 9.61. The predicted octanol–water partition coefficient (Wildman–Crippen LogP) is 1.87. The maximum Gasteiger partial charge on any atom is 0.317 e. The molecule has 0 radical (unpaired) electrons. The van der Waals surface area contributed by atoms with Crippen molar-refractivity contribution in [1.29, 1.82) is 0 Å². The molecule has 0 bridgehead atoms. The second-order valence-electron chi connectivity index (χ2n) is 7.09. The van der Waals surface area contributed by atoms with Crippen LogP contribution in [-0.2, 0) is 23.9 Å². The van der Waals surface area contributed by atoms with Crippen LogP contribution in [0, 0.1) is 11.8 Å². The summed E-state index contributed by atoms with van der Waals surface area (Å²) in [6, 6.07) is 4.85. The highest BCUT2D eigenvalue weighted by atomic mass is 16.5. The second kappa shape index (κ2) is 9.26. The van der Waals surface area contributed by atoms with Gasteiger partial charge in [0.15, 0.2) is 5.78 Å². The summed E-state index contributed by atoms with van der Waals surface area (Å²) in [5, 5.41) is 11.0. The average Bonchev–Trinajstić information content (AvgIpc) is 2.66. The Morgan fingerprint density at radius 1 is 1.10 bits per heavy atom. The number of rotatable bonds is 7. The molecule has 1 saturated carbocycles. The molecule has 1 aliphatic rings. The van der Waals surface area contributed by atoms with Crippen molar-refractivity contribution in [3.05, 3.63) is 23.8 Å². The van der Waals surface area contributed by atoms with Crippen LogP contribution in [0.3, 0.4) is 0 Å². The standard InChI is InChI=1S/C21H28O8/c1-6-28-19(23)17-14(22)11-21(3,25)18(20(24)29-7-2)16(17)13-9-8-12(26-4)10-15(13)27-5/h8-10,16-18,25H,6-7,11H2,1-5H3/t16-,17+,18-,21-/m0/s1. The van der Waals surface area contributed by atoms with Crippen molar-refractivity contribution in [3.8, 4) is 11.5 Å². The molecule has 0 saturated heterocycles. The number of esters is 2. The molecule has 0 spiro atoms. The van der Waals surface area contributed by atoms with Crippen LogP contribution in [0.2, 0.25) is 0 Å². The molecule has 0 amide bonds. The number of carbonyl (C=O) groups is 3. The van der Waals surface area contributed by atoms with Crippen molar-refractivity contribution >= 4 is 17.7 Å². The Morgan fingerprint density at radius 3 is 2.28 bits per heavy atom. The van der Waals surface area contributed by atoms with Gasteiger partial charge in [-0.1, -0.05) is 6.07 Å². The zero-order valence-electron chi connectivity index (χ0n) is 17.4. The van der Waals surface area contributed by atoms with E-state index < -0.39 is 41.1 Å². The van der Waals surface area contributed by atoms with Crippen molar-refractivity contribution in [2.75, 3.05) is 27.4 Å². The van der Waals surface area contributed by atoms with Gasteiger partial charge < -0.3 is 24.1 Å². The summed E-state index contributed by atoms with van der Waals surface area (Å²) in [7, 11) is 2.92. The number of hydrogen-bond acceptors (Lipinski definition) is 8. The molecule has 1 aromatic carbocycles. The van der Waals surface area contributed by atoms with Crippen molar-refractivity contribution < 1.29 is 38.4 Å². The van der Waals surface area contributed by atoms with E-state index in [9.17, 15) is 19.5 Å². The van der Waals surface area contributed by atoms with Gasteiger partial charge >= 0.3 is 11.9 Å². The highest BCUT2D eigenvalue weighted by Crippen LogP contribution is 2.49. The first-order valence-corrected chi connectivity index (χ1v) is 9.52. The van der Waals surface area contributed by atoms with E-state index in [1.54, 1.807) is 32.0 Å². The largest absolute Gasteiger partial charge is 0.497 e. The predicted molar refractivity (Wildman–Crippen MR) is 103 cm³/mol. The molecule has 0 aromatic heterocycles. The van der Waals surface area contributed by atoms with Gasteiger partial charge in [-0.25, -0.2) is 0 Å².